The molecule has 2 aromatic rings. The highest BCUT2D eigenvalue weighted by Gasteiger charge is 2.09. The SMILES string of the molecule is COc1ccccc1CCNC(=O)c1ccnc(NCC(C)C)n1. The fraction of sp³-hybridized carbons (Fsp3) is 0.389. The molecule has 6 heteroatoms. The van der Waals surface area contributed by atoms with Gasteiger partial charge < -0.3 is 15.4 Å². The molecule has 0 spiro atoms. The Morgan fingerprint density at radius 3 is 2.79 bits per heavy atom. The Morgan fingerprint density at radius 2 is 2.04 bits per heavy atom. The van der Waals surface area contributed by atoms with E-state index in [9.17, 15) is 4.79 Å². The topological polar surface area (TPSA) is 76.1 Å². The van der Waals surface area contributed by atoms with Crippen LogP contribution in [0.1, 0.15) is 29.9 Å². The molecule has 0 aliphatic rings. The Labute approximate surface area is 142 Å². The summed E-state index contributed by atoms with van der Waals surface area (Å²) in [4.78, 5) is 20.6. The van der Waals surface area contributed by atoms with Gasteiger partial charge in [-0.3, -0.25) is 4.79 Å². The van der Waals surface area contributed by atoms with Crippen LogP contribution in [0.4, 0.5) is 5.95 Å². The first-order valence-corrected chi connectivity index (χ1v) is 8.07. The summed E-state index contributed by atoms with van der Waals surface area (Å²) in [5, 5.41) is 6.00. The molecule has 0 bridgehead atoms. The first-order chi connectivity index (χ1) is 11.6. The lowest BCUT2D eigenvalue weighted by Crippen LogP contribution is -2.27. The van der Waals surface area contributed by atoms with Crippen molar-refractivity contribution in [2.75, 3.05) is 25.5 Å². The van der Waals surface area contributed by atoms with Crippen LogP contribution in [0.5, 0.6) is 5.75 Å². The number of nitrogens with one attached hydrogen (secondary N) is 2. The van der Waals surface area contributed by atoms with E-state index >= 15 is 0 Å². The van der Waals surface area contributed by atoms with Gasteiger partial charge in [0, 0.05) is 19.3 Å². The zero-order valence-corrected chi connectivity index (χ0v) is 14.4. The van der Waals surface area contributed by atoms with Crippen molar-refractivity contribution in [3.63, 3.8) is 0 Å². The molecule has 1 heterocycles. The minimum atomic E-state index is -0.208. The van der Waals surface area contributed by atoms with Crippen LogP contribution in [0.2, 0.25) is 0 Å². The lowest BCUT2D eigenvalue weighted by molar-refractivity contribution is 0.0949. The van der Waals surface area contributed by atoms with Crippen LogP contribution in [-0.4, -0.2) is 36.1 Å². The highest BCUT2D eigenvalue weighted by molar-refractivity contribution is 5.92. The number of amides is 1. The molecule has 0 saturated heterocycles. The lowest BCUT2D eigenvalue weighted by Gasteiger charge is -2.10. The van der Waals surface area contributed by atoms with Gasteiger partial charge in [0.1, 0.15) is 11.4 Å². The number of methoxy groups -OCH3 is 1. The number of benzene rings is 1. The third-order valence-corrected chi connectivity index (χ3v) is 3.43. The van der Waals surface area contributed by atoms with Gasteiger partial charge in [0.15, 0.2) is 0 Å². The van der Waals surface area contributed by atoms with Gasteiger partial charge in [-0.25, -0.2) is 9.97 Å². The molecule has 1 aromatic carbocycles. The van der Waals surface area contributed by atoms with E-state index in [-0.39, 0.29) is 5.91 Å². The van der Waals surface area contributed by atoms with Crippen molar-refractivity contribution in [1.82, 2.24) is 15.3 Å². The van der Waals surface area contributed by atoms with E-state index in [2.05, 4.69) is 34.4 Å². The van der Waals surface area contributed by atoms with Crippen molar-refractivity contribution in [3.05, 3.63) is 47.8 Å². The smallest absolute Gasteiger partial charge is 0.270 e. The average molecular weight is 328 g/mol. The summed E-state index contributed by atoms with van der Waals surface area (Å²) < 4.78 is 5.31. The van der Waals surface area contributed by atoms with E-state index in [1.165, 1.54) is 0 Å². The number of carbonyl (C=O) groups is 1. The van der Waals surface area contributed by atoms with Crippen LogP contribution in [0.25, 0.3) is 0 Å². The Bertz CT molecular complexity index is 674. The van der Waals surface area contributed by atoms with Crippen LogP contribution < -0.4 is 15.4 Å². The first-order valence-electron chi connectivity index (χ1n) is 8.07. The monoisotopic (exact) mass is 328 g/mol. The maximum atomic E-state index is 12.2. The van der Waals surface area contributed by atoms with E-state index < -0.39 is 0 Å². The fourth-order valence-electron chi connectivity index (χ4n) is 2.18. The predicted octanol–water partition coefficient (Wildman–Crippen LogP) is 2.53. The van der Waals surface area contributed by atoms with Crippen molar-refractivity contribution >= 4 is 11.9 Å². The van der Waals surface area contributed by atoms with Gasteiger partial charge in [0.2, 0.25) is 5.95 Å². The molecular weight excluding hydrogens is 304 g/mol. The number of carbonyl (C=O) groups excluding carboxylic acids is 1. The van der Waals surface area contributed by atoms with Crippen molar-refractivity contribution < 1.29 is 9.53 Å². The van der Waals surface area contributed by atoms with E-state index in [1.807, 2.05) is 24.3 Å². The summed E-state index contributed by atoms with van der Waals surface area (Å²) in [7, 11) is 1.64. The molecule has 24 heavy (non-hydrogen) atoms. The van der Waals surface area contributed by atoms with Gasteiger partial charge in [-0.1, -0.05) is 32.0 Å². The van der Waals surface area contributed by atoms with Gasteiger partial charge in [-0.15, -0.1) is 0 Å². The summed E-state index contributed by atoms with van der Waals surface area (Å²) >= 11 is 0. The standard InChI is InChI=1S/C18H24N4O2/c1-13(2)12-21-18-20-11-9-15(22-18)17(23)19-10-8-14-6-4-5-7-16(14)24-3/h4-7,9,11,13H,8,10,12H2,1-3H3,(H,19,23)(H,20,21,22). The molecule has 128 valence electrons. The fourth-order valence-corrected chi connectivity index (χ4v) is 2.18. The minimum absolute atomic E-state index is 0.208. The first kappa shape index (κ1) is 17.7. The quantitative estimate of drug-likeness (QED) is 0.779. The van der Waals surface area contributed by atoms with Crippen molar-refractivity contribution in [3.8, 4) is 5.75 Å². The predicted molar refractivity (Wildman–Crippen MR) is 94.4 cm³/mol. The van der Waals surface area contributed by atoms with Crippen LogP contribution in [0.15, 0.2) is 36.5 Å². The Kier molecular flexibility index (Phi) is 6.54. The number of ether oxygens (including phenoxy) is 1. The molecule has 0 radical (unpaired) electrons. The molecule has 0 unspecified atom stereocenters. The maximum Gasteiger partial charge on any atom is 0.270 e. The summed E-state index contributed by atoms with van der Waals surface area (Å²) in [6.45, 7) is 5.47. The van der Waals surface area contributed by atoms with E-state index in [0.717, 1.165) is 17.9 Å². The number of para-hydroxylation sites is 1. The largest absolute Gasteiger partial charge is 0.496 e. The molecule has 1 aromatic heterocycles. The molecule has 0 saturated carbocycles. The Morgan fingerprint density at radius 1 is 1.25 bits per heavy atom. The van der Waals surface area contributed by atoms with Crippen LogP contribution >= 0.6 is 0 Å². The van der Waals surface area contributed by atoms with Crippen molar-refractivity contribution in [2.45, 2.75) is 20.3 Å². The molecule has 0 aliphatic carbocycles. The van der Waals surface area contributed by atoms with Gasteiger partial charge in [0.05, 0.1) is 7.11 Å². The number of nitrogens with zero attached hydrogens (tertiary/aromatic N) is 2. The molecular formula is C18H24N4O2. The maximum absolute atomic E-state index is 12.2. The second-order valence-corrected chi connectivity index (χ2v) is 5.86. The highest BCUT2D eigenvalue weighted by atomic mass is 16.5. The number of aromatic nitrogens is 2. The third-order valence-electron chi connectivity index (χ3n) is 3.43. The molecule has 6 nitrogen and oxygen atoms in total. The second-order valence-electron chi connectivity index (χ2n) is 5.86. The zero-order chi connectivity index (χ0) is 17.4. The summed E-state index contributed by atoms with van der Waals surface area (Å²) in [6, 6.07) is 9.39. The Hall–Kier alpha value is -2.63. The lowest BCUT2D eigenvalue weighted by atomic mass is 10.1. The molecule has 0 atom stereocenters. The summed E-state index contributed by atoms with van der Waals surface area (Å²) in [5.74, 6) is 1.57. The second kappa shape index (κ2) is 8.86. The molecule has 2 N–H and O–H groups in total. The average Bonchev–Trinajstić information content (AvgIpc) is 2.60. The van der Waals surface area contributed by atoms with E-state index in [0.29, 0.717) is 30.5 Å². The normalized spacial score (nSPS) is 10.5. The summed E-state index contributed by atoms with van der Waals surface area (Å²) in [5.41, 5.74) is 1.42. The molecule has 0 fully saturated rings. The number of hydrogen-bond acceptors (Lipinski definition) is 5. The third kappa shape index (κ3) is 5.22. The van der Waals surface area contributed by atoms with E-state index in [1.54, 1.807) is 19.4 Å². The van der Waals surface area contributed by atoms with Crippen molar-refractivity contribution in [2.24, 2.45) is 5.92 Å². The van der Waals surface area contributed by atoms with Gasteiger partial charge in [-0.05, 0) is 30.0 Å². The number of anilines is 1. The molecule has 1 amide bonds. The highest BCUT2D eigenvalue weighted by Crippen LogP contribution is 2.17. The Balaban J connectivity index is 1.89. The van der Waals surface area contributed by atoms with Crippen molar-refractivity contribution in [1.29, 1.82) is 0 Å². The number of rotatable bonds is 8. The van der Waals surface area contributed by atoms with Gasteiger partial charge in [0.25, 0.3) is 5.91 Å². The van der Waals surface area contributed by atoms with Crippen LogP contribution in [0, 0.1) is 5.92 Å². The van der Waals surface area contributed by atoms with Gasteiger partial charge in [-0.2, -0.15) is 0 Å². The van der Waals surface area contributed by atoms with Crippen LogP contribution in [-0.2, 0) is 6.42 Å². The molecule has 2 rings (SSSR count). The number of hydrogen-bond donors (Lipinski definition) is 2. The zero-order valence-electron chi connectivity index (χ0n) is 14.4. The minimum Gasteiger partial charge on any atom is -0.496 e. The summed E-state index contributed by atoms with van der Waals surface area (Å²) in [6.07, 6.45) is 2.28. The van der Waals surface area contributed by atoms with E-state index in [4.69, 9.17) is 4.74 Å². The van der Waals surface area contributed by atoms with Crippen LogP contribution in [0.3, 0.4) is 0 Å². The molecule has 0 aliphatic heterocycles. The van der Waals surface area contributed by atoms with Gasteiger partial charge >= 0.3 is 0 Å².